The average Bonchev–Trinajstić information content (AvgIpc) is 2.67. The Morgan fingerprint density at radius 1 is 1.26 bits per heavy atom. The summed E-state index contributed by atoms with van der Waals surface area (Å²) in [6, 6.07) is 8.07. The van der Waals surface area contributed by atoms with Crippen LogP contribution < -0.4 is 0 Å². The topological polar surface area (TPSA) is 49.0 Å². The van der Waals surface area contributed by atoms with Gasteiger partial charge in [0.15, 0.2) is 0 Å². The minimum atomic E-state index is 0.316. The zero-order valence-electron chi connectivity index (χ0n) is 10.8. The molecule has 98 valence electrons. The van der Waals surface area contributed by atoms with E-state index in [-0.39, 0.29) is 0 Å². The molecule has 2 aliphatic rings. The zero-order valence-corrected chi connectivity index (χ0v) is 10.8. The average molecular weight is 255 g/mol. The number of nitrogens with zero attached hydrogens (tertiary/aromatic N) is 2. The Labute approximate surface area is 111 Å². The van der Waals surface area contributed by atoms with Gasteiger partial charge in [0.1, 0.15) is 5.82 Å². The van der Waals surface area contributed by atoms with Crippen molar-refractivity contribution in [1.82, 2.24) is 14.9 Å². The number of rotatable bonds is 2. The first-order valence-corrected chi connectivity index (χ1v) is 7.05. The molecule has 0 atom stereocenters. The number of carbonyl (C=O) groups excluding carboxylic acids is 1. The third-order valence-electron chi connectivity index (χ3n) is 4.44. The Hall–Kier alpha value is -1.84. The number of para-hydroxylation sites is 2. The lowest BCUT2D eigenvalue weighted by atomic mass is 9.83. The fraction of sp³-hybridized carbons (Fsp3) is 0.467. The first kappa shape index (κ1) is 11.0. The van der Waals surface area contributed by atoms with Crippen LogP contribution in [-0.4, -0.2) is 33.9 Å². The van der Waals surface area contributed by atoms with Gasteiger partial charge in [-0.1, -0.05) is 18.6 Å². The molecule has 1 aliphatic heterocycles. The van der Waals surface area contributed by atoms with E-state index in [1.807, 2.05) is 29.2 Å². The molecule has 0 unspecified atom stereocenters. The van der Waals surface area contributed by atoms with Crippen LogP contribution in [0.2, 0.25) is 0 Å². The lowest BCUT2D eigenvalue weighted by Gasteiger charge is -2.41. The van der Waals surface area contributed by atoms with Gasteiger partial charge in [0.25, 0.3) is 0 Å². The summed E-state index contributed by atoms with van der Waals surface area (Å²) in [5.41, 5.74) is 2.10. The molecule has 2 heterocycles. The molecule has 2 fully saturated rings. The van der Waals surface area contributed by atoms with Gasteiger partial charge < -0.3 is 9.88 Å². The molecule has 1 aromatic heterocycles. The molecular weight excluding hydrogens is 238 g/mol. The summed E-state index contributed by atoms with van der Waals surface area (Å²) in [5.74, 6) is 2.09. The van der Waals surface area contributed by atoms with Crippen LogP contribution in [0.15, 0.2) is 24.3 Å². The van der Waals surface area contributed by atoms with Gasteiger partial charge >= 0.3 is 0 Å². The highest BCUT2D eigenvalue weighted by Gasteiger charge is 2.38. The first-order valence-electron chi connectivity index (χ1n) is 7.05. The van der Waals surface area contributed by atoms with Crippen LogP contribution in [0.1, 0.15) is 31.0 Å². The van der Waals surface area contributed by atoms with Crippen LogP contribution in [0.5, 0.6) is 0 Å². The molecule has 0 radical (unpaired) electrons. The number of imidazole rings is 1. The first-order chi connectivity index (χ1) is 9.31. The summed E-state index contributed by atoms with van der Waals surface area (Å²) in [7, 11) is 0. The van der Waals surface area contributed by atoms with Crippen molar-refractivity contribution in [1.29, 1.82) is 0 Å². The summed E-state index contributed by atoms with van der Waals surface area (Å²) >= 11 is 0. The van der Waals surface area contributed by atoms with E-state index >= 15 is 0 Å². The van der Waals surface area contributed by atoms with Crippen molar-refractivity contribution < 1.29 is 4.79 Å². The Kier molecular flexibility index (Phi) is 2.37. The number of carbonyl (C=O) groups is 1. The van der Waals surface area contributed by atoms with Gasteiger partial charge in [-0.2, -0.15) is 0 Å². The van der Waals surface area contributed by atoms with Crippen molar-refractivity contribution in [2.75, 3.05) is 13.1 Å². The molecule has 1 N–H and O–H groups in total. The Morgan fingerprint density at radius 2 is 2.05 bits per heavy atom. The lowest BCUT2D eigenvalue weighted by molar-refractivity contribution is -0.142. The smallest absolute Gasteiger partial charge is 0.225 e. The maximum absolute atomic E-state index is 12.1. The van der Waals surface area contributed by atoms with Crippen molar-refractivity contribution in [3.63, 3.8) is 0 Å². The molecule has 1 amide bonds. The zero-order chi connectivity index (χ0) is 12.8. The summed E-state index contributed by atoms with van der Waals surface area (Å²) < 4.78 is 0. The second kappa shape index (κ2) is 4.08. The van der Waals surface area contributed by atoms with Gasteiger partial charge in [-0.05, 0) is 25.0 Å². The van der Waals surface area contributed by atoms with Crippen molar-refractivity contribution in [3.8, 4) is 0 Å². The van der Waals surface area contributed by atoms with Gasteiger partial charge in [0, 0.05) is 19.0 Å². The van der Waals surface area contributed by atoms with Crippen LogP contribution in [0.3, 0.4) is 0 Å². The van der Waals surface area contributed by atoms with E-state index in [2.05, 4.69) is 9.97 Å². The monoisotopic (exact) mass is 255 g/mol. The summed E-state index contributed by atoms with van der Waals surface area (Å²) in [5, 5.41) is 0. The van der Waals surface area contributed by atoms with Crippen molar-refractivity contribution >= 4 is 16.9 Å². The van der Waals surface area contributed by atoms with Crippen molar-refractivity contribution in [2.24, 2.45) is 5.92 Å². The number of likely N-dealkylation sites (tertiary alicyclic amines) is 1. The predicted molar refractivity (Wildman–Crippen MR) is 72.8 cm³/mol. The SMILES string of the molecule is O=C(C1CCC1)N1CC(c2nc3ccccc3[nH]2)C1. The summed E-state index contributed by atoms with van der Waals surface area (Å²) in [6.45, 7) is 1.66. The molecule has 4 rings (SSSR count). The van der Waals surface area contributed by atoms with E-state index in [0.29, 0.717) is 17.7 Å². The normalized spacial score (nSPS) is 20.3. The molecule has 1 saturated carbocycles. The molecule has 0 bridgehead atoms. The van der Waals surface area contributed by atoms with E-state index in [1.54, 1.807) is 0 Å². The van der Waals surface area contributed by atoms with Crippen LogP contribution in [-0.2, 0) is 4.79 Å². The number of fused-ring (bicyclic) bond motifs is 1. The van der Waals surface area contributed by atoms with Crippen LogP contribution in [0.25, 0.3) is 11.0 Å². The Balaban J connectivity index is 1.46. The van der Waals surface area contributed by atoms with Gasteiger partial charge in [-0.25, -0.2) is 4.98 Å². The highest BCUT2D eigenvalue weighted by Crippen LogP contribution is 2.33. The number of aromatic amines is 1. The second-order valence-electron chi connectivity index (χ2n) is 5.71. The van der Waals surface area contributed by atoms with Gasteiger partial charge in [0.05, 0.1) is 17.0 Å². The Bertz CT molecular complexity index is 590. The van der Waals surface area contributed by atoms with Gasteiger partial charge in [0.2, 0.25) is 5.91 Å². The molecule has 1 aliphatic carbocycles. The van der Waals surface area contributed by atoms with Crippen molar-refractivity contribution in [2.45, 2.75) is 25.2 Å². The molecule has 0 spiro atoms. The van der Waals surface area contributed by atoms with E-state index < -0.39 is 0 Å². The maximum Gasteiger partial charge on any atom is 0.225 e. The van der Waals surface area contributed by atoms with E-state index in [1.165, 1.54) is 6.42 Å². The molecule has 4 heteroatoms. The maximum atomic E-state index is 12.1. The number of H-pyrrole nitrogens is 1. The quantitative estimate of drug-likeness (QED) is 0.895. The summed E-state index contributed by atoms with van der Waals surface area (Å²) in [4.78, 5) is 22.0. The van der Waals surface area contributed by atoms with Crippen LogP contribution in [0.4, 0.5) is 0 Å². The van der Waals surface area contributed by atoms with Gasteiger partial charge in [-0.15, -0.1) is 0 Å². The molecule has 4 nitrogen and oxygen atoms in total. The van der Waals surface area contributed by atoms with E-state index in [0.717, 1.165) is 42.8 Å². The molecular formula is C15H17N3O. The third kappa shape index (κ3) is 1.74. The van der Waals surface area contributed by atoms with Crippen LogP contribution >= 0.6 is 0 Å². The third-order valence-corrected chi connectivity index (χ3v) is 4.44. The van der Waals surface area contributed by atoms with E-state index in [9.17, 15) is 4.79 Å². The molecule has 1 saturated heterocycles. The number of nitrogens with one attached hydrogen (secondary N) is 1. The standard InChI is InChI=1S/C15H17N3O/c19-15(10-4-3-5-10)18-8-11(9-18)14-16-12-6-1-2-7-13(12)17-14/h1-2,6-7,10-11H,3-5,8-9H2,(H,16,17). The van der Waals surface area contributed by atoms with Gasteiger partial charge in [-0.3, -0.25) is 4.79 Å². The number of hydrogen-bond acceptors (Lipinski definition) is 2. The molecule has 2 aromatic rings. The van der Waals surface area contributed by atoms with E-state index in [4.69, 9.17) is 0 Å². The highest BCUT2D eigenvalue weighted by molar-refractivity contribution is 5.81. The fourth-order valence-electron chi connectivity index (χ4n) is 2.91. The number of aromatic nitrogens is 2. The lowest BCUT2D eigenvalue weighted by Crippen LogP contribution is -2.52. The number of amides is 1. The van der Waals surface area contributed by atoms with Crippen LogP contribution in [0, 0.1) is 5.92 Å². The number of hydrogen-bond donors (Lipinski definition) is 1. The minimum Gasteiger partial charge on any atom is -0.342 e. The predicted octanol–water partition coefficient (Wildman–Crippen LogP) is 2.29. The summed E-state index contributed by atoms with van der Waals surface area (Å²) in [6.07, 6.45) is 3.40. The molecule has 19 heavy (non-hydrogen) atoms. The highest BCUT2D eigenvalue weighted by atomic mass is 16.2. The number of benzene rings is 1. The second-order valence-corrected chi connectivity index (χ2v) is 5.71. The fourth-order valence-corrected chi connectivity index (χ4v) is 2.91. The van der Waals surface area contributed by atoms with Crippen molar-refractivity contribution in [3.05, 3.63) is 30.1 Å². The minimum absolute atomic E-state index is 0.316. The Morgan fingerprint density at radius 3 is 2.74 bits per heavy atom. The molecule has 1 aromatic carbocycles. The largest absolute Gasteiger partial charge is 0.342 e.